The van der Waals surface area contributed by atoms with Crippen molar-refractivity contribution in [2.24, 2.45) is 5.92 Å². The predicted molar refractivity (Wildman–Crippen MR) is 97.4 cm³/mol. The van der Waals surface area contributed by atoms with Crippen molar-refractivity contribution in [2.45, 2.75) is 52.1 Å². The fourth-order valence-corrected chi connectivity index (χ4v) is 4.11. The minimum absolute atomic E-state index is 0.315. The Morgan fingerprint density at radius 3 is 2.64 bits per heavy atom. The number of rotatable bonds is 6. The number of morpholine rings is 1. The van der Waals surface area contributed by atoms with Crippen LogP contribution in [0.25, 0.3) is 0 Å². The van der Waals surface area contributed by atoms with Gasteiger partial charge in [0.05, 0.1) is 13.2 Å². The molecule has 2 saturated heterocycles. The first-order chi connectivity index (χ1) is 12.1. The molecular weight excluding hydrogens is 316 g/mol. The minimum Gasteiger partial charge on any atom is -0.379 e. The molecule has 2 aliphatic rings. The Morgan fingerprint density at radius 2 is 2.00 bits per heavy atom. The van der Waals surface area contributed by atoms with Crippen molar-refractivity contribution in [2.75, 3.05) is 39.4 Å². The number of amides is 1. The van der Waals surface area contributed by atoms with Crippen molar-refractivity contribution in [1.82, 2.24) is 19.4 Å². The van der Waals surface area contributed by atoms with Gasteiger partial charge in [-0.25, -0.2) is 4.98 Å². The minimum atomic E-state index is 0.315. The van der Waals surface area contributed by atoms with E-state index < -0.39 is 0 Å². The van der Waals surface area contributed by atoms with Crippen molar-refractivity contribution in [3.05, 3.63) is 18.2 Å². The van der Waals surface area contributed by atoms with Crippen LogP contribution >= 0.6 is 0 Å². The Balaban J connectivity index is 1.37. The van der Waals surface area contributed by atoms with Crippen molar-refractivity contribution in [3.63, 3.8) is 0 Å². The molecule has 0 radical (unpaired) electrons. The second-order valence-corrected chi connectivity index (χ2v) is 7.38. The van der Waals surface area contributed by atoms with Crippen molar-refractivity contribution in [1.29, 1.82) is 0 Å². The van der Waals surface area contributed by atoms with E-state index >= 15 is 0 Å². The maximum atomic E-state index is 12.5. The molecule has 0 aromatic carbocycles. The number of carbonyl (C=O) groups is 1. The molecule has 6 nitrogen and oxygen atoms in total. The monoisotopic (exact) mass is 348 g/mol. The third-order valence-electron chi connectivity index (χ3n) is 5.91. The summed E-state index contributed by atoms with van der Waals surface area (Å²) in [4.78, 5) is 21.3. The van der Waals surface area contributed by atoms with Gasteiger partial charge in [0.25, 0.3) is 0 Å². The van der Waals surface area contributed by atoms with Gasteiger partial charge in [-0.2, -0.15) is 0 Å². The van der Waals surface area contributed by atoms with Gasteiger partial charge < -0.3 is 14.2 Å². The number of imidazole rings is 1. The number of hydrogen-bond donors (Lipinski definition) is 0. The number of likely N-dealkylation sites (tertiary alicyclic amines) is 1. The highest BCUT2D eigenvalue weighted by Gasteiger charge is 2.29. The Morgan fingerprint density at radius 1 is 1.28 bits per heavy atom. The topological polar surface area (TPSA) is 50.6 Å². The molecule has 0 bridgehead atoms. The Kier molecular flexibility index (Phi) is 6.48. The van der Waals surface area contributed by atoms with Gasteiger partial charge in [-0.3, -0.25) is 9.69 Å². The zero-order chi connectivity index (χ0) is 17.6. The van der Waals surface area contributed by atoms with Crippen LogP contribution in [-0.2, 0) is 16.1 Å². The molecule has 0 N–H and O–H groups in total. The van der Waals surface area contributed by atoms with Gasteiger partial charge in [-0.15, -0.1) is 0 Å². The van der Waals surface area contributed by atoms with Crippen molar-refractivity contribution >= 4 is 5.91 Å². The van der Waals surface area contributed by atoms with E-state index in [1.54, 1.807) is 0 Å². The summed E-state index contributed by atoms with van der Waals surface area (Å²) in [6.45, 7) is 10.9. The maximum absolute atomic E-state index is 12.5. The summed E-state index contributed by atoms with van der Waals surface area (Å²) in [6, 6.07) is 0.602. The normalized spacial score (nSPS) is 21.4. The molecule has 3 rings (SSSR count). The summed E-state index contributed by atoms with van der Waals surface area (Å²) < 4.78 is 7.57. The molecule has 1 aromatic heterocycles. The highest BCUT2D eigenvalue weighted by Crippen LogP contribution is 2.25. The molecule has 25 heavy (non-hydrogen) atoms. The van der Waals surface area contributed by atoms with E-state index in [1.807, 2.05) is 19.3 Å². The predicted octanol–water partition coefficient (Wildman–Crippen LogP) is 1.93. The Labute approximate surface area is 151 Å². The highest BCUT2D eigenvalue weighted by atomic mass is 16.5. The molecule has 1 aromatic rings. The number of carbonyl (C=O) groups excluding carboxylic acids is 1. The van der Waals surface area contributed by atoms with Gasteiger partial charge in [0, 0.05) is 57.6 Å². The van der Waals surface area contributed by atoms with Crippen LogP contribution in [0.3, 0.4) is 0 Å². The number of piperidine rings is 1. The van der Waals surface area contributed by atoms with Crippen LogP contribution in [0.1, 0.15) is 38.4 Å². The van der Waals surface area contributed by atoms with Gasteiger partial charge in [0.2, 0.25) is 5.91 Å². The quantitative estimate of drug-likeness (QED) is 0.788. The standard InChI is InChI=1S/C19H32N4O2/c1-16(21-12-14-25-15-13-21)18-5-9-23(10-6-18)19(24)4-3-8-22-11-7-20-17(22)2/h7,11,16,18H,3-6,8-10,12-15H2,1-2H3. The zero-order valence-corrected chi connectivity index (χ0v) is 15.7. The maximum Gasteiger partial charge on any atom is 0.222 e. The van der Waals surface area contributed by atoms with E-state index in [-0.39, 0.29) is 0 Å². The van der Waals surface area contributed by atoms with E-state index in [9.17, 15) is 4.79 Å². The summed E-state index contributed by atoms with van der Waals surface area (Å²) in [6.07, 6.45) is 7.59. The van der Waals surface area contributed by atoms with Gasteiger partial charge >= 0.3 is 0 Å². The van der Waals surface area contributed by atoms with Crippen LogP contribution in [0.5, 0.6) is 0 Å². The SMILES string of the molecule is Cc1nccn1CCCC(=O)N1CCC(C(C)N2CCOCC2)CC1. The van der Waals surface area contributed by atoms with Crippen LogP contribution < -0.4 is 0 Å². The molecule has 140 valence electrons. The average Bonchev–Trinajstić information content (AvgIpc) is 3.07. The lowest BCUT2D eigenvalue weighted by molar-refractivity contribution is -0.133. The van der Waals surface area contributed by atoms with E-state index in [2.05, 4.69) is 26.3 Å². The van der Waals surface area contributed by atoms with E-state index in [4.69, 9.17) is 4.74 Å². The average molecular weight is 348 g/mol. The fraction of sp³-hybridized carbons (Fsp3) is 0.789. The number of hydrogen-bond acceptors (Lipinski definition) is 4. The first kappa shape index (κ1) is 18.4. The molecule has 1 unspecified atom stereocenters. The van der Waals surface area contributed by atoms with Gasteiger partial charge in [-0.1, -0.05) is 0 Å². The fourth-order valence-electron chi connectivity index (χ4n) is 4.11. The summed E-state index contributed by atoms with van der Waals surface area (Å²) in [7, 11) is 0. The molecule has 6 heteroatoms. The number of aryl methyl sites for hydroxylation is 2. The number of ether oxygens (including phenoxy) is 1. The Bertz CT molecular complexity index is 545. The summed E-state index contributed by atoms with van der Waals surface area (Å²) in [5, 5.41) is 0. The highest BCUT2D eigenvalue weighted by molar-refractivity contribution is 5.76. The van der Waals surface area contributed by atoms with Gasteiger partial charge in [-0.05, 0) is 39.0 Å². The van der Waals surface area contributed by atoms with Crippen LogP contribution in [0.15, 0.2) is 12.4 Å². The van der Waals surface area contributed by atoms with Gasteiger partial charge in [0.15, 0.2) is 0 Å². The molecule has 0 aliphatic carbocycles. The second kappa shape index (κ2) is 8.81. The summed E-state index contributed by atoms with van der Waals surface area (Å²) >= 11 is 0. The molecule has 2 aliphatic heterocycles. The van der Waals surface area contributed by atoms with Crippen LogP contribution in [-0.4, -0.2) is 70.7 Å². The lowest BCUT2D eigenvalue weighted by atomic mass is 9.89. The summed E-state index contributed by atoms with van der Waals surface area (Å²) in [5.41, 5.74) is 0. The lowest BCUT2D eigenvalue weighted by Gasteiger charge is -2.41. The molecule has 0 saturated carbocycles. The van der Waals surface area contributed by atoms with Crippen molar-refractivity contribution < 1.29 is 9.53 Å². The first-order valence-electron chi connectivity index (χ1n) is 9.72. The second-order valence-electron chi connectivity index (χ2n) is 7.38. The smallest absolute Gasteiger partial charge is 0.222 e. The van der Waals surface area contributed by atoms with E-state index in [1.165, 1.54) is 0 Å². The first-order valence-corrected chi connectivity index (χ1v) is 9.72. The van der Waals surface area contributed by atoms with Crippen LogP contribution in [0.4, 0.5) is 0 Å². The molecule has 1 amide bonds. The Hall–Kier alpha value is -1.40. The van der Waals surface area contributed by atoms with Crippen molar-refractivity contribution in [3.8, 4) is 0 Å². The largest absolute Gasteiger partial charge is 0.379 e. The van der Waals surface area contributed by atoms with Gasteiger partial charge in [0.1, 0.15) is 5.82 Å². The van der Waals surface area contributed by atoms with E-state index in [0.29, 0.717) is 24.3 Å². The molecule has 2 fully saturated rings. The molecule has 0 spiro atoms. The molecule has 1 atom stereocenters. The zero-order valence-electron chi connectivity index (χ0n) is 15.7. The third-order valence-corrected chi connectivity index (χ3v) is 5.91. The van der Waals surface area contributed by atoms with Crippen LogP contribution in [0.2, 0.25) is 0 Å². The number of aromatic nitrogens is 2. The number of nitrogens with zero attached hydrogens (tertiary/aromatic N) is 4. The summed E-state index contributed by atoms with van der Waals surface area (Å²) in [5.74, 6) is 2.04. The third kappa shape index (κ3) is 4.82. The van der Waals surface area contributed by atoms with E-state index in [0.717, 1.165) is 71.0 Å². The van der Waals surface area contributed by atoms with Crippen LogP contribution in [0, 0.1) is 12.8 Å². The lowest BCUT2D eigenvalue weighted by Crippen LogP contribution is -2.49. The molecular formula is C19H32N4O2. The molecule has 3 heterocycles.